The van der Waals surface area contributed by atoms with Gasteiger partial charge in [0.2, 0.25) is 7.28 Å². The summed E-state index contributed by atoms with van der Waals surface area (Å²) in [5.74, 6) is 0.259. The van der Waals surface area contributed by atoms with Gasteiger partial charge in [0.15, 0.2) is 0 Å². The van der Waals surface area contributed by atoms with Crippen molar-refractivity contribution in [1.29, 1.82) is 0 Å². The monoisotopic (exact) mass is 1220 g/mol. The fourth-order valence-corrected chi connectivity index (χ4v) is 17.9. The van der Waals surface area contributed by atoms with Gasteiger partial charge in [0.1, 0.15) is 11.2 Å². The van der Waals surface area contributed by atoms with Gasteiger partial charge in [-0.25, -0.2) is 0 Å². The summed E-state index contributed by atoms with van der Waals surface area (Å²) in [7, 11) is 0.824. The Hall–Kier alpha value is -7.40. The third-order valence-electron chi connectivity index (χ3n) is 22.8. The average Bonchev–Trinajstić information content (AvgIpc) is 1.50. The molecule has 0 N–H and O–H groups in total. The van der Waals surface area contributed by atoms with Crippen LogP contribution < -0.4 is 10.2 Å². The Morgan fingerprint density at radius 1 is 0.511 bits per heavy atom. The van der Waals surface area contributed by atoms with E-state index in [1.54, 1.807) is 0 Å². The van der Waals surface area contributed by atoms with Crippen molar-refractivity contribution in [1.82, 2.24) is 4.57 Å². The first-order valence-electron chi connectivity index (χ1n) is 34.5. The lowest BCUT2D eigenvalue weighted by Gasteiger charge is -2.42. The zero-order valence-electron chi connectivity index (χ0n) is 58.5. The van der Waals surface area contributed by atoms with E-state index < -0.39 is 0 Å². The van der Waals surface area contributed by atoms with Crippen molar-refractivity contribution in [2.24, 2.45) is 0 Å². The van der Waals surface area contributed by atoms with Gasteiger partial charge in [-0.15, -0.1) is 11.3 Å². The van der Waals surface area contributed by atoms with Gasteiger partial charge < -0.3 is 8.98 Å². The molecule has 0 amide bonds. The van der Waals surface area contributed by atoms with Crippen LogP contribution in [-0.2, 0) is 44.3 Å². The van der Waals surface area contributed by atoms with E-state index in [2.05, 4.69) is 294 Å². The molecule has 9 aromatic carbocycles. The first kappa shape index (κ1) is 60.8. The molecule has 0 fully saturated rings. The summed E-state index contributed by atoms with van der Waals surface area (Å²) in [6.07, 6.45) is 4.32. The van der Waals surface area contributed by atoms with Crippen molar-refractivity contribution < 1.29 is 4.42 Å². The molecule has 3 aromatic heterocycles. The number of furan rings is 1. The van der Waals surface area contributed by atoms with Crippen LogP contribution in [0.25, 0.3) is 81.8 Å². The minimum Gasteiger partial charge on any atom is -0.455 e. The highest BCUT2D eigenvalue weighted by Gasteiger charge is 2.43. The molecule has 466 valence electrons. The Morgan fingerprint density at radius 2 is 1.08 bits per heavy atom. The number of hydrogen-bond acceptors (Lipinski definition) is 2. The molecule has 15 rings (SSSR count). The number of benzene rings is 9. The van der Waals surface area contributed by atoms with E-state index in [4.69, 9.17) is 4.42 Å². The molecule has 4 heteroatoms. The predicted octanol–water partition coefficient (Wildman–Crippen LogP) is 23.0. The number of hydrogen-bond donors (Lipinski definition) is 0. The molecule has 2 atom stereocenters. The number of fused-ring (bicyclic) bond motifs is 15. The van der Waals surface area contributed by atoms with Crippen LogP contribution >= 0.6 is 11.3 Å². The van der Waals surface area contributed by atoms with Crippen LogP contribution in [0.2, 0.25) is 0 Å². The van der Waals surface area contributed by atoms with Gasteiger partial charge in [0.25, 0.3) is 0 Å². The standard InChI is InChI=1S/C88H94BNOS/c1-50(52-27-34-56(35-28-52)83(5,6)7)61-46-63-62-44-54(59(53-29-36-57(37-30-53)84(8,9)10)39-26-51-24-32-55(33-25-51)82(2,3)4)31-40-67(62)88(18,19)68(63)47-64(61)74-75-60-22-20-21-23-72(60)91-80(75)76-65-48-69-70(87(16,17)43-42-86(69,14)15)49-71(65)90-78-66-45-58(85(11,12)13)38-41-73(66)92-81(78)89-77(74)79(76)90/h20-25,27-38,40-41,44-50,59,89H,26,39,42-43H2,1-19H3. The summed E-state index contributed by atoms with van der Waals surface area (Å²) >= 11 is 2.01. The molecule has 0 saturated carbocycles. The van der Waals surface area contributed by atoms with Gasteiger partial charge in [0, 0.05) is 43.5 Å². The molecule has 0 radical (unpaired) electrons. The fraction of sp³-hybridized carbons (Fsp3) is 0.364. The fourth-order valence-electron chi connectivity index (χ4n) is 16.7. The van der Waals surface area contributed by atoms with Gasteiger partial charge >= 0.3 is 0 Å². The topological polar surface area (TPSA) is 18.1 Å². The maximum atomic E-state index is 7.60. The first-order chi connectivity index (χ1) is 43.3. The largest absolute Gasteiger partial charge is 0.455 e. The lowest BCUT2D eigenvalue weighted by molar-refractivity contribution is 0.332. The van der Waals surface area contributed by atoms with Gasteiger partial charge in [-0.2, -0.15) is 0 Å². The van der Waals surface area contributed by atoms with E-state index in [0.29, 0.717) is 0 Å². The van der Waals surface area contributed by atoms with Crippen molar-refractivity contribution in [2.75, 3.05) is 0 Å². The second-order valence-electron chi connectivity index (χ2n) is 34.3. The summed E-state index contributed by atoms with van der Waals surface area (Å²) in [5, 5.41) is 6.33. The van der Waals surface area contributed by atoms with E-state index in [1.165, 1.54) is 153 Å². The summed E-state index contributed by atoms with van der Waals surface area (Å²) < 4.78 is 13.1. The number of rotatable bonds is 8. The van der Waals surface area contributed by atoms with Crippen LogP contribution in [0, 0.1) is 0 Å². The smallest absolute Gasteiger partial charge is 0.211 e. The summed E-state index contributed by atoms with van der Waals surface area (Å²) in [4.78, 5) is 0. The number of aromatic nitrogens is 1. The normalized spacial score (nSPS) is 16.5. The van der Waals surface area contributed by atoms with Crippen LogP contribution in [0.5, 0.6) is 0 Å². The van der Waals surface area contributed by atoms with Crippen LogP contribution in [0.1, 0.15) is 235 Å². The van der Waals surface area contributed by atoms with E-state index in [9.17, 15) is 0 Å². The molecule has 2 unspecified atom stereocenters. The van der Waals surface area contributed by atoms with Gasteiger partial charge in [0.05, 0.1) is 22.1 Å². The van der Waals surface area contributed by atoms with E-state index in [0.717, 1.165) is 44.1 Å². The molecular formula is C88H94BNOS. The van der Waals surface area contributed by atoms with Gasteiger partial charge in [-0.05, 0) is 205 Å². The molecule has 92 heavy (non-hydrogen) atoms. The lowest BCUT2D eigenvalue weighted by Crippen LogP contribution is -2.35. The maximum absolute atomic E-state index is 7.60. The summed E-state index contributed by atoms with van der Waals surface area (Å²) in [6, 6.07) is 63.3. The minimum absolute atomic E-state index is 0.00582. The van der Waals surface area contributed by atoms with Crippen molar-refractivity contribution in [3.63, 3.8) is 0 Å². The molecule has 0 saturated heterocycles. The molecular weight excluding hydrogens is 1130 g/mol. The molecule has 0 bridgehead atoms. The Morgan fingerprint density at radius 3 is 1.71 bits per heavy atom. The van der Waals surface area contributed by atoms with Gasteiger partial charge in [-0.1, -0.05) is 247 Å². The highest BCUT2D eigenvalue weighted by atomic mass is 32.1. The minimum atomic E-state index is -0.289. The molecule has 0 spiro atoms. The number of aryl methyl sites for hydroxylation is 1. The van der Waals surface area contributed by atoms with Crippen molar-refractivity contribution in [2.45, 2.75) is 207 Å². The summed E-state index contributed by atoms with van der Waals surface area (Å²) in [5.41, 5.74) is 30.7. The molecule has 4 heterocycles. The van der Waals surface area contributed by atoms with Crippen LogP contribution in [-0.4, -0.2) is 11.8 Å². The van der Waals surface area contributed by atoms with Crippen LogP contribution in [0.15, 0.2) is 162 Å². The maximum Gasteiger partial charge on any atom is 0.211 e. The number of nitrogens with zero attached hydrogens (tertiary/aromatic N) is 1. The van der Waals surface area contributed by atoms with Crippen molar-refractivity contribution in [3.05, 3.63) is 230 Å². The lowest BCUT2D eigenvalue weighted by atomic mass is 9.62. The quantitative estimate of drug-likeness (QED) is 0.139. The van der Waals surface area contributed by atoms with Gasteiger partial charge in [-0.3, -0.25) is 0 Å². The SMILES string of the molecule is CC(c1ccc(C(C)(C)C)cc1)c1cc2c(cc1-c1c3c4c(c5cc6c(cc5n4-c4c(sc5ccc(C(C)(C)C)cc45)B3)C(C)(C)CCC6(C)C)c3oc4ccccc4c13)C(C)(C)c1ccc(C(CCc3ccc(C(C)(C)C)cc3)c3ccc(C(C)(C)C)cc3)cc1-2. The second-order valence-corrected chi connectivity index (χ2v) is 35.5. The molecule has 3 aliphatic rings. The third kappa shape index (κ3) is 9.58. The zero-order valence-corrected chi connectivity index (χ0v) is 59.3. The molecule has 12 aromatic rings. The third-order valence-corrected chi connectivity index (χ3v) is 23.9. The van der Waals surface area contributed by atoms with Crippen LogP contribution in [0.3, 0.4) is 0 Å². The first-order valence-corrected chi connectivity index (χ1v) is 35.3. The summed E-state index contributed by atoms with van der Waals surface area (Å²) in [6.45, 7) is 45.4. The molecule has 2 nitrogen and oxygen atoms in total. The predicted molar refractivity (Wildman–Crippen MR) is 400 cm³/mol. The molecule has 1 aliphatic heterocycles. The second kappa shape index (κ2) is 20.6. The Balaban J connectivity index is 1.02. The van der Waals surface area contributed by atoms with Crippen molar-refractivity contribution >= 4 is 82.7 Å². The van der Waals surface area contributed by atoms with E-state index in [1.807, 2.05) is 11.3 Å². The number of thiophene rings is 1. The highest BCUT2D eigenvalue weighted by Crippen LogP contribution is 2.56. The van der Waals surface area contributed by atoms with Crippen LogP contribution in [0.4, 0.5) is 0 Å². The Labute approximate surface area is 553 Å². The van der Waals surface area contributed by atoms with Crippen molar-refractivity contribution in [3.8, 4) is 27.9 Å². The molecule has 2 aliphatic carbocycles. The average molecular weight is 1220 g/mol. The number of para-hydroxylation sites is 1. The zero-order chi connectivity index (χ0) is 64.9. The Bertz CT molecular complexity index is 5000. The van der Waals surface area contributed by atoms with E-state index in [-0.39, 0.29) is 49.7 Å². The Kier molecular flexibility index (Phi) is 13.6. The highest BCUT2D eigenvalue weighted by molar-refractivity contribution is 7.29. The van der Waals surface area contributed by atoms with E-state index >= 15 is 0 Å².